The van der Waals surface area contributed by atoms with Crippen LogP contribution in [0.5, 0.6) is 0 Å². The summed E-state index contributed by atoms with van der Waals surface area (Å²) in [6.07, 6.45) is 0.687. The molecule has 0 bridgehead atoms. The molecule has 2 N–H and O–H groups in total. The number of urea groups is 1. The van der Waals surface area contributed by atoms with Crippen LogP contribution in [-0.4, -0.2) is 22.5 Å². The molecular weight excluding hydrogens is 413 g/mol. The van der Waals surface area contributed by atoms with Crippen LogP contribution >= 0.6 is 11.6 Å². The standard InChI is InChI=1S/C25H21ClFN3O/c1-15-10-11-16(14-20(15)26)28-25(31)30-13-12-18-17-6-3-5-9-22(17)29-23(18)24(30)19-7-2-4-8-21(19)27/h2-11,14,24,29H,12-13H2,1H3,(H,28,31)/t24-/m1/s1. The molecule has 3 aromatic carbocycles. The summed E-state index contributed by atoms with van der Waals surface area (Å²) < 4.78 is 14.9. The summed E-state index contributed by atoms with van der Waals surface area (Å²) in [6.45, 7) is 2.38. The first-order chi connectivity index (χ1) is 15.0. The molecular formula is C25H21ClFN3O. The van der Waals surface area contributed by atoms with E-state index >= 15 is 0 Å². The lowest BCUT2D eigenvalue weighted by Crippen LogP contribution is -2.43. The minimum Gasteiger partial charge on any atom is -0.356 e. The molecule has 5 rings (SSSR count). The highest BCUT2D eigenvalue weighted by molar-refractivity contribution is 6.31. The second kappa shape index (κ2) is 7.75. The first-order valence-electron chi connectivity index (χ1n) is 10.2. The zero-order chi connectivity index (χ0) is 21.5. The second-order valence-electron chi connectivity index (χ2n) is 7.82. The highest BCUT2D eigenvalue weighted by Crippen LogP contribution is 2.39. The van der Waals surface area contributed by atoms with Gasteiger partial charge in [-0.05, 0) is 48.7 Å². The number of nitrogens with zero attached hydrogens (tertiary/aromatic N) is 1. The van der Waals surface area contributed by atoms with E-state index in [0.717, 1.165) is 27.7 Å². The van der Waals surface area contributed by atoms with Crippen molar-refractivity contribution in [3.8, 4) is 0 Å². The van der Waals surface area contributed by atoms with Crippen LogP contribution < -0.4 is 5.32 Å². The van der Waals surface area contributed by atoms with Gasteiger partial charge in [0.15, 0.2) is 0 Å². The maximum absolute atomic E-state index is 14.9. The van der Waals surface area contributed by atoms with Crippen molar-refractivity contribution in [2.24, 2.45) is 0 Å². The van der Waals surface area contributed by atoms with Gasteiger partial charge >= 0.3 is 6.03 Å². The first-order valence-corrected chi connectivity index (χ1v) is 10.6. The molecule has 4 aromatic rings. The van der Waals surface area contributed by atoms with E-state index in [1.54, 1.807) is 29.2 Å². The van der Waals surface area contributed by atoms with Crippen LogP contribution in [0.4, 0.5) is 14.9 Å². The van der Waals surface area contributed by atoms with E-state index in [2.05, 4.69) is 16.4 Å². The number of aromatic amines is 1. The largest absolute Gasteiger partial charge is 0.356 e. The molecule has 0 saturated carbocycles. The van der Waals surface area contributed by atoms with E-state index in [1.165, 1.54) is 6.07 Å². The maximum Gasteiger partial charge on any atom is 0.322 e. The predicted octanol–water partition coefficient (Wildman–Crippen LogP) is 6.45. The predicted molar refractivity (Wildman–Crippen MR) is 122 cm³/mol. The number of para-hydroxylation sites is 1. The molecule has 4 nitrogen and oxygen atoms in total. The number of benzene rings is 3. The van der Waals surface area contributed by atoms with Crippen LogP contribution in [0.15, 0.2) is 66.7 Å². The Balaban J connectivity index is 1.58. The Morgan fingerprint density at radius 2 is 1.90 bits per heavy atom. The summed E-state index contributed by atoms with van der Waals surface area (Å²) in [5, 5.41) is 4.63. The average Bonchev–Trinajstić information content (AvgIpc) is 3.15. The number of fused-ring (bicyclic) bond motifs is 3. The number of hydrogen-bond donors (Lipinski definition) is 2. The molecule has 0 spiro atoms. The molecule has 6 heteroatoms. The molecule has 2 heterocycles. The number of nitrogens with one attached hydrogen (secondary N) is 2. The maximum atomic E-state index is 14.9. The van der Waals surface area contributed by atoms with E-state index in [1.807, 2.05) is 37.3 Å². The van der Waals surface area contributed by atoms with E-state index < -0.39 is 6.04 Å². The molecule has 1 aliphatic rings. The summed E-state index contributed by atoms with van der Waals surface area (Å²) in [4.78, 5) is 18.5. The number of hydrogen-bond acceptors (Lipinski definition) is 1. The summed E-state index contributed by atoms with van der Waals surface area (Å²) in [6, 6.07) is 19.2. The van der Waals surface area contributed by atoms with Gasteiger partial charge in [0.2, 0.25) is 0 Å². The summed E-state index contributed by atoms with van der Waals surface area (Å²) in [5.41, 5.74) is 4.98. The number of halogens is 2. The first kappa shape index (κ1) is 19.6. The fourth-order valence-corrected chi connectivity index (χ4v) is 4.53. The van der Waals surface area contributed by atoms with E-state index in [4.69, 9.17) is 11.6 Å². The number of anilines is 1. The Morgan fingerprint density at radius 1 is 1.13 bits per heavy atom. The third-order valence-corrected chi connectivity index (χ3v) is 6.33. The monoisotopic (exact) mass is 433 g/mol. The lowest BCUT2D eigenvalue weighted by molar-refractivity contribution is 0.192. The smallest absolute Gasteiger partial charge is 0.322 e. The van der Waals surface area contributed by atoms with Crippen LogP contribution in [-0.2, 0) is 6.42 Å². The Bertz CT molecular complexity index is 1300. The minimum atomic E-state index is -0.557. The number of amides is 2. The molecule has 1 aliphatic heterocycles. The van der Waals surface area contributed by atoms with Gasteiger partial charge in [-0.1, -0.05) is 54.1 Å². The van der Waals surface area contributed by atoms with Gasteiger partial charge in [0.05, 0.1) is 0 Å². The highest BCUT2D eigenvalue weighted by atomic mass is 35.5. The topological polar surface area (TPSA) is 48.1 Å². The Labute approximate surface area is 184 Å². The molecule has 2 amide bonds. The molecule has 0 radical (unpaired) electrons. The van der Waals surface area contributed by atoms with Crippen molar-refractivity contribution >= 4 is 34.2 Å². The number of carbonyl (C=O) groups excluding carboxylic acids is 1. The van der Waals surface area contributed by atoms with Crippen LogP contribution in [0.1, 0.15) is 28.4 Å². The van der Waals surface area contributed by atoms with Crippen molar-refractivity contribution < 1.29 is 9.18 Å². The summed E-state index contributed by atoms with van der Waals surface area (Å²) >= 11 is 6.22. The number of carbonyl (C=O) groups is 1. The van der Waals surface area contributed by atoms with Gasteiger partial charge in [-0.25, -0.2) is 9.18 Å². The third kappa shape index (κ3) is 3.45. The van der Waals surface area contributed by atoms with Crippen molar-refractivity contribution in [2.45, 2.75) is 19.4 Å². The van der Waals surface area contributed by atoms with Gasteiger partial charge in [-0.15, -0.1) is 0 Å². The van der Waals surface area contributed by atoms with Crippen molar-refractivity contribution in [3.63, 3.8) is 0 Å². The molecule has 0 saturated heterocycles. The Morgan fingerprint density at radius 3 is 2.71 bits per heavy atom. The van der Waals surface area contributed by atoms with E-state index in [9.17, 15) is 9.18 Å². The molecule has 156 valence electrons. The molecule has 31 heavy (non-hydrogen) atoms. The van der Waals surface area contributed by atoms with Crippen LogP contribution in [0.2, 0.25) is 5.02 Å². The van der Waals surface area contributed by atoms with Crippen LogP contribution in [0, 0.1) is 12.7 Å². The SMILES string of the molecule is Cc1ccc(NC(=O)N2CCc3c([nH]c4ccccc34)[C@H]2c2ccccc2F)cc1Cl. The molecule has 0 fully saturated rings. The lowest BCUT2D eigenvalue weighted by Gasteiger charge is -2.36. The number of H-pyrrole nitrogens is 1. The third-order valence-electron chi connectivity index (χ3n) is 5.92. The average molecular weight is 434 g/mol. The second-order valence-corrected chi connectivity index (χ2v) is 8.23. The number of aryl methyl sites for hydroxylation is 1. The fourth-order valence-electron chi connectivity index (χ4n) is 4.35. The summed E-state index contributed by atoms with van der Waals surface area (Å²) in [7, 11) is 0. The summed E-state index contributed by atoms with van der Waals surface area (Å²) in [5.74, 6) is -0.338. The number of rotatable bonds is 2. The number of aromatic nitrogens is 1. The lowest BCUT2D eigenvalue weighted by atomic mass is 9.92. The van der Waals surface area contributed by atoms with E-state index in [-0.39, 0.29) is 11.8 Å². The van der Waals surface area contributed by atoms with Gasteiger partial charge < -0.3 is 15.2 Å². The van der Waals surface area contributed by atoms with Crippen molar-refractivity contribution in [1.29, 1.82) is 0 Å². The molecule has 1 aromatic heterocycles. The molecule has 1 atom stereocenters. The van der Waals surface area contributed by atoms with Crippen molar-refractivity contribution in [1.82, 2.24) is 9.88 Å². The minimum absolute atomic E-state index is 0.294. The highest BCUT2D eigenvalue weighted by Gasteiger charge is 2.36. The Kier molecular flexibility index (Phi) is 4.91. The van der Waals surface area contributed by atoms with Gasteiger partial charge in [-0.3, -0.25) is 0 Å². The van der Waals surface area contributed by atoms with Gasteiger partial charge in [0.25, 0.3) is 0 Å². The van der Waals surface area contributed by atoms with Crippen LogP contribution in [0.25, 0.3) is 10.9 Å². The molecule has 0 aliphatic carbocycles. The quantitative estimate of drug-likeness (QED) is 0.375. The molecule has 0 unspecified atom stereocenters. The van der Waals surface area contributed by atoms with Crippen molar-refractivity contribution in [3.05, 3.63) is 100.0 Å². The zero-order valence-corrected chi connectivity index (χ0v) is 17.7. The van der Waals surface area contributed by atoms with Gasteiger partial charge in [-0.2, -0.15) is 0 Å². The van der Waals surface area contributed by atoms with Gasteiger partial charge in [0.1, 0.15) is 11.9 Å². The fraction of sp³-hybridized carbons (Fsp3) is 0.160. The van der Waals surface area contributed by atoms with Gasteiger partial charge in [0, 0.05) is 39.4 Å². The zero-order valence-electron chi connectivity index (χ0n) is 17.0. The normalized spacial score (nSPS) is 15.7. The van der Waals surface area contributed by atoms with Crippen molar-refractivity contribution in [2.75, 3.05) is 11.9 Å². The Hall–Kier alpha value is -3.31. The van der Waals surface area contributed by atoms with Crippen LogP contribution in [0.3, 0.4) is 0 Å². The van der Waals surface area contributed by atoms with E-state index in [0.29, 0.717) is 29.2 Å².